The van der Waals surface area contributed by atoms with E-state index in [9.17, 15) is 4.79 Å². The Morgan fingerprint density at radius 2 is 2.35 bits per heavy atom. The second kappa shape index (κ2) is 5.05. The Morgan fingerprint density at radius 1 is 1.53 bits per heavy atom. The number of nitrogens with one attached hydrogen (secondary N) is 1. The van der Waals surface area contributed by atoms with Crippen molar-refractivity contribution in [3.05, 3.63) is 34.6 Å². The summed E-state index contributed by atoms with van der Waals surface area (Å²) in [5.41, 5.74) is 1.85. The Hall–Kier alpha value is -1.76. The Balaban J connectivity index is 2.03. The van der Waals surface area contributed by atoms with Gasteiger partial charge in [0, 0.05) is 4.47 Å². The molecule has 1 N–H and O–H groups in total. The van der Waals surface area contributed by atoms with Crippen molar-refractivity contribution < 1.29 is 4.79 Å². The van der Waals surface area contributed by atoms with Gasteiger partial charge < -0.3 is 5.32 Å². The fraction of sp³-hybridized carbons (Fsp3) is 0.200. The highest BCUT2D eigenvalue weighted by Gasteiger charge is 2.07. The minimum Gasteiger partial charge on any atom is -0.323 e. The minimum absolute atomic E-state index is 0.0906. The van der Waals surface area contributed by atoms with Gasteiger partial charge in [-0.1, -0.05) is 6.07 Å². The van der Waals surface area contributed by atoms with E-state index in [0.717, 1.165) is 15.7 Å². The molecule has 0 spiro atoms. The van der Waals surface area contributed by atoms with Crippen molar-refractivity contribution in [3.63, 3.8) is 0 Å². The van der Waals surface area contributed by atoms with E-state index < -0.39 is 0 Å². The molecular weight excluding hydrogens is 286 g/mol. The average Bonchev–Trinajstić information content (AvgIpc) is 2.75. The lowest BCUT2D eigenvalue weighted by molar-refractivity contribution is -0.116. The summed E-state index contributed by atoms with van der Waals surface area (Å²) < 4.78 is 2.21. The number of carbonyl (C=O) groups is 1. The van der Waals surface area contributed by atoms with Crippen LogP contribution in [0.1, 0.15) is 5.56 Å². The predicted molar refractivity (Wildman–Crippen MR) is 65.3 cm³/mol. The number of tetrazole rings is 1. The highest BCUT2D eigenvalue weighted by Crippen LogP contribution is 2.23. The first-order valence-corrected chi connectivity index (χ1v) is 5.71. The molecule has 1 heterocycles. The number of hydrogen-bond donors (Lipinski definition) is 1. The molecule has 7 heteroatoms. The second-order valence-corrected chi connectivity index (χ2v) is 4.39. The Bertz CT molecular complexity index is 525. The molecule has 6 nitrogen and oxygen atoms in total. The zero-order valence-corrected chi connectivity index (χ0v) is 10.7. The molecule has 2 rings (SSSR count). The average molecular weight is 296 g/mol. The number of benzene rings is 1. The van der Waals surface area contributed by atoms with Crippen molar-refractivity contribution >= 4 is 27.5 Å². The molecule has 0 atom stereocenters. The number of hydrogen-bond acceptors (Lipinski definition) is 4. The molecule has 1 aromatic carbocycles. The lowest BCUT2D eigenvalue weighted by atomic mass is 10.2. The Morgan fingerprint density at radius 3 is 3.00 bits per heavy atom. The van der Waals surface area contributed by atoms with Crippen LogP contribution in [0, 0.1) is 6.92 Å². The van der Waals surface area contributed by atoms with Crippen LogP contribution in [0.4, 0.5) is 5.69 Å². The first kappa shape index (κ1) is 11.7. The number of aryl methyl sites for hydroxylation is 1. The molecular formula is C10H10BrN5O. The summed E-state index contributed by atoms with van der Waals surface area (Å²) in [5.74, 6) is -0.179. The van der Waals surface area contributed by atoms with Gasteiger partial charge >= 0.3 is 0 Å². The van der Waals surface area contributed by atoms with Crippen LogP contribution in [0.15, 0.2) is 29.0 Å². The zero-order valence-electron chi connectivity index (χ0n) is 9.09. The number of aromatic nitrogens is 4. The third-order valence-electron chi connectivity index (χ3n) is 2.10. The lowest BCUT2D eigenvalue weighted by Gasteiger charge is -2.07. The van der Waals surface area contributed by atoms with E-state index in [1.807, 2.05) is 25.1 Å². The molecule has 88 valence electrons. The molecule has 0 unspecified atom stereocenters. The van der Waals surface area contributed by atoms with Crippen LogP contribution in [-0.4, -0.2) is 26.1 Å². The van der Waals surface area contributed by atoms with Crippen LogP contribution in [0.25, 0.3) is 0 Å². The third kappa shape index (κ3) is 3.10. The maximum absolute atomic E-state index is 11.7. The van der Waals surface area contributed by atoms with Gasteiger partial charge in [0.2, 0.25) is 5.91 Å². The predicted octanol–water partition coefficient (Wildman–Crippen LogP) is 1.38. The van der Waals surface area contributed by atoms with Crippen LogP contribution < -0.4 is 5.32 Å². The van der Waals surface area contributed by atoms with Gasteiger partial charge in [0.1, 0.15) is 12.9 Å². The number of rotatable bonds is 3. The minimum atomic E-state index is -0.179. The monoisotopic (exact) mass is 295 g/mol. The number of nitrogens with zero attached hydrogens (tertiary/aromatic N) is 4. The van der Waals surface area contributed by atoms with E-state index >= 15 is 0 Å². The fourth-order valence-electron chi connectivity index (χ4n) is 1.31. The normalized spacial score (nSPS) is 10.2. The van der Waals surface area contributed by atoms with Crippen molar-refractivity contribution in [3.8, 4) is 0 Å². The summed E-state index contributed by atoms with van der Waals surface area (Å²) in [7, 11) is 0. The highest BCUT2D eigenvalue weighted by molar-refractivity contribution is 9.10. The molecule has 0 saturated heterocycles. The molecule has 0 aliphatic carbocycles. The number of halogens is 1. The van der Waals surface area contributed by atoms with Crippen molar-refractivity contribution in [2.24, 2.45) is 0 Å². The molecule has 1 amide bonds. The van der Waals surface area contributed by atoms with Gasteiger partial charge in [-0.2, -0.15) is 0 Å². The third-order valence-corrected chi connectivity index (χ3v) is 2.75. The highest BCUT2D eigenvalue weighted by atomic mass is 79.9. The second-order valence-electron chi connectivity index (χ2n) is 3.54. The van der Waals surface area contributed by atoms with E-state index in [4.69, 9.17) is 0 Å². The van der Waals surface area contributed by atoms with Crippen molar-refractivity contribution in [2.75, 3.05) is 5.32 Å². The van der Waals surface area contributed by atoms with Crippen molar-refractivity contribution in [2.45, 2.75) is 13.5 Å². The summed E-state index contributed by atoms with van der Waals surface area (Å²) in [4.78, 5) is 11.7. The van der Waals surface area contributed by atoms with E-state index in [2.05, 4.69) is 36.8 Å². The van der Waals surface area contributed by atoms with Gasteiger partial charge in [0.15, 0.2) is 0 Å². The molecule has 1 aromatic heterocycles. The molecule has 0 radical (unpaired) electrons. The molecule has 0 aliphatic rings. The summed E-state index contributed by atoms with van der Waals surface area (Å²) in [5, 5.41) is 13.3. The smallest absolute Gasteiger partial charge is 0.246 e. The van der Waals surface area contributed by atoms with Gasteiger partial charge in [-0.05, 0) is 51.0 Å². The summed E-state index contributed by atoms with van der Waals surface area (Å²) in [6.07, 6.45) is 1.39. The van der Waals surface area contributed by atoms with Crippen molar-refractivity contribution in [1.29, 1.82) is 0 Å². The first-order chi connectivity index (χ1) is 8.15. The van der Waals surface area contributed by atoms with E-state index in [1.54, 1.807) is 0 Å². The molecule has 0 fully saturated rings. The van der Waals surface area contributed by atoms with E-state index in [-0.39, 0.29) is 12.5 Å². The topological polar surface area (TPSA) is 72.7 Å². The molecule has 0 aliphatic heterocycles. The quantitative estimate of drug-likeness (QED) is 0.928. The molecule has 2 aromatic rings. The van der Waals surface area contributed by atoms with Gasteiger partial charge in [0.05, 0.1) is 5.69 Å². The maximum atomic E-state index is 11.7. The van der Waals surface area contributed by atoms with Gasteiger partial charge in [-0.3, -0.25) is 4.79 Å². The maximum Gasteiger partial charge on any atom is 0.246 e. The SMILES string of the molecule is Cc1ccc(NC(=O)Cn2cnnn2)c(Br)c1. The van der Waals surface area contributed by atoms with Crippen LogP contribution in [0.2, 0.25) is 0 Å². The largest absolute Gasteiger partial charge is 0.323 e. The summed E-state index contributed by atoms with van der Waals surface area (Å²) in [6, 6.07) is 5.71. The van der Waals surface area contributed by atoms with Crippen molar-refractivity contribution in [1.82, 2.24) is 20.2 Å². The van der Waals surface area contributed by atoms with E-state index in [1.165, 1.54) is 11.0 Å². The molecule has 0 saturated carbocycles. The molecule has 0 bridgehead atoms. The van der Waals surface area contributed by atoms with Gasteiger partial charge in [-0.25, -0.2) is 4.68 Å². The molecule has 17 heavy (non-hydrogen) atoms. The van der Waals surface area contributed by atoms with Crippen LogP contribution >= 0.6 is 15.9 Å². The summed E-state index contributed by atoms with van der Waals surface area (Å²) >= 11 is 3.39. The Kier molecular flexibility index (Phi) is 3.48. The Labute approximate surface area is 106 Å². The van der Waals surface area contributed by atoms with Gasteiger partial charge in [0.25, 0.3) is 0 Å². The van der Waals surface area contributed by atoms with Crippen LogP contribution in [0.5, 0.6) is 0 Å². The van der Waals surface area contributed by atoms with Crippen LogP contribution in [-0.2, 0) is 11.3 Å². The fourth-order valence-corrected chi connectivity index (χ4v) is 1.90. The first-order valence-electron chi connectivity index (χ1n) is 4.92. The lowest BCUT2D eigenvalue weighted by Crippen LogP contribution is -2.19. The van der Waals surface area contributed by atoms with E-state index in [0.29, 0.717) is 0 Å². The van der Waals surface area contributed by atoms with Crippen LogP contribution in [0.3, 0.4) is 0 Å². The zero-order chi connectivity index (χ0) is 12.3. The summed E-state index contributed by atoms with van der Waals surface area (Å²) in [6.45, 7) is 2.07. The standard InChI is InChI=1S/C10H10BrN5O/c1-7-2-3-9(8(11)4-7)13-10(17)5-16-6-12-14-15-16/h2-4,6H,5H2,1H3,(H,13,17). The van der Waals surface area contributed by atoms with Gasteiger partial charge in [-0.15, -0.1) is 5.10 Å². The number of amides is 1. The number of anilines is 1. The number of carbonyl (C=O) groups excluding carboxylic acids is 1.